The highest BCUT2D eigenvalue weighted by Gasteiger charge is 2.18. The van der Waals surface area contributed by atoms with Crippen LogP contribution in [0, 0.1) is 27.7 Å². The Morgan fingerprint density at radius 2 is 1.93 bits per heavy atom. The Kier molecular flexibility index (Phi) is 5.44. The minimum atomic E-state index is -0.267. The Labute approximate surface area is 163 Å². The van der Waals surface area contributed by atoms with Crippen molar-refractivity contribution in [2.24, 2.45) is 0 Å². The summed E-state index contributed by atoms with van der Waals surface area (Å²) in [6.45, 7) is 9.39. The van der Waals surface area contributed by atoms with Crippen LogP contribution in [-0.2, 0) is 11.2 Å². The Balaban J connectivity index is 1.77. The topological polar surface area (TPSA) is 92.7 Å². The molecule has 3 rings (SSSR count). The monoisotopic (exact) mass is 379 g/mol. The van der Waals surface area contributed by atoms with Crippen molar-refractivity contribution < 1.29 is 4.79 Å². The predicted molar refractivity (Wildman–Crippen MR) is 108 cm³/mol. The van der Waals surface area contributed by atoms with Gasteiger partial charge in [-0.1, -0.05) is 18.2 Å². The number of para-hydroxylation sites is 1. The minimum Gasteiger partial charge on any atom is -0.349 e. The van der Waals surface area contributed by atoms with Crippen LogP contribution in [0.5, 0.6) is 0 Å². The number of hydrogen-bond donors (Lipinski definition) is 2. The number of aromatic amines is 1. The summed E-state index contributed by atoms with van der Waals surface area (Å²) in [6, 6.07) is 7.79. The highest BCUT2D eigenvalue weighted by Crippen LogP contribution is 2.22. The first-order chi connectivity index (χ1) is 13.3. The third-order valence-electron chi connectivity index (χ3n) is 4.91. The van der Waals surface area contributed by atoms with Gasteiger partial charge in [0.05, 0.1) is 24.3 Å². The van der Waals surface area contributed by atoms with Crippen molar-refractivity contribution in [3.8, 4) is 5.69 Å². The van der Waals surface area contributed by atoms with Gasteiger partial charge in [0, 0.05) is 22.5 Å². The van der Waals surface area contributed by atoms with Crippen molar-refractivity contribution in [1.82, 2.24) is 25.1 Å². The number of hydrogen-bond acceptors (Lipinski definition) is 4. The largest absolute Gasteiger partial charge is 0.349 e. The second kappa shape index (κ2) is 7.80. The number of aryl methyl sites for hydroxylation is 3. The fraction of sp³-hybridized carbons (Fsp3) is 0.333. The van der Waals surface area contributed by atoms with Crippen molar-refractivity contribution >= 4 is 5.91 Å². The van der Waals surface area contributed by atoms with Gasteiger partial charge in [0.25, 0.3) is 5.56 Å². The van der Waals surface area contributed by atoms with Crippen molar-refractivity contribution in [2.75, 3.05) is 0 Å². The second-order valence-corrected chi connectivity index (χ2v) is 7.06. The van der Waals surface area contributed by atoms with E-state index in [1.54, 1.807) is 20.0 Å². The molecule has 146 valence electrons. The molecule has 2 heterocycles. The van der Waals surface area contributed by atoms with Gasteiger partial charge in [-0.3, -0.25) is 9.59 Å². The van der Waals surface area contributed by atoms with Gasteiger partial charge in [-0.25, -0.2) is 9.67 Å². The van der Waals surface area contributed by atoms with Crippen LogP contribution in [0.4, 0.5) is 0 Å². The van der Waals surface area contributed by atoms with Crippen LogP contribution < -0.4 is 10.9 Å². The maximum Gasteiger partial charge on any atom is 0.254 e. The van der Waals surface area contributed by atoms with Gasteiger partial charge in [-0.15, -0.1) is 0 Å². The molecule has 2 N–H and O–H groups in total. The highest BCUT2D eigenvalue weighted by atomic mass is 16.2. The average Bonchev–Trinajstić information content (AvgIpc) is 3.00. The molecule has 0 fully saturated rings. The summed E-state index contributed by atoms with van der Waals surface area (Å²) in [7, 11) is 0. The molecule has 0 saturated carbocycles. The van der Waals surface area contributed by atoms with Crippen LogP contribution in [0.15, 0.2) is 35.3 Å². The molecule has 0 unspecified atom stereocenters. The molecule has 0 bridgehead atoms. The molecule has 2 aromatic heterocycles. The third kappa shape index (κ3) is 3.88. The molecule has 0 saturated heterocycles. The maximum atomic E-state index is 12.5. The summed E-state index contributed by atoms with van der Waals surface area (Å²) in [6.07, 6.45) is 1.77. The van der Waals surface area contributed by atoms with Crippen LogP contribution in [0.3, 0.4) is 0 Å². The van der Waals surface area contributed by atoms with E-state index in [4.69, 9.17) is 0 Å². The Hall–Kier alpha value is -3.22. The Morgan fingerprint density at radius 3 is 2.61 bits per heavy atom. The number of carbonyl (C=O) groups excluding carboxylic acids is 1. The number of aromatic nitrogens is 4. The number of H-pyrrole nitrogens is 1. The van der Waals surface area contributed by atoms with Crippen molar-refractivity contribution in [3.63, 3.8) is 0 Å². The maximum absolute atomic E-state index is 12.5. The van der Waals surface area contributed by atoms with E-state index in [-0.39, 0.29) is 23.9 Å². The molecule has 0 spiro atoms. The molecule has 1 amide bonds. The lowest BCUT2D eigenvalue weighted by atomic mass is 10.1. The fourth-order valence-corrected chi connectivity index (χ4v) is 3.38. The van der Waals surface area contributed by atoms with Gasteiger partial charge in [0.1, 0.15) is 5.82 Å². The van der Waals surface area contributed by atoms with Gasteiger partial charge in [-0.05, 0) is 46.2 Å². The quantitative estimate of drug-likeness (QED) is 0.713. The van der Waals surface area contributed by atoms with Crippen molar-refractivity contribution in [2.45, 2.75) is 47.1 Å². The zero-order valence-corrected chi connectivity index (χ0v) is 16.8. The molecule has 7 heteroatoms. The standard InChI is InChI=1S/C21H25N5O2/c1-12-8-6-7-9-19(12)26-15(4)18(11-22-26)14(3)24-20(27)10-17-13(2)23-16(5)25-21(17)28/h6-9,11,14H,10H2,1-5H3,(H,24,27)(H,23,25,28)/t14-/m1/s1. The molecule has 7 nitrogen and oxygen atoms in total. The van der Waals surface area contributed by atoms with E-state index in [0.29, 0.717) is 17.1 Å². The molecule has 0 aliphatic rings. The molecule has 3 aromatic rings. The van der Waals surface area contributed by atoms with E-state index in [0.717, 1.165) is 22.5 Å². The molecule has 1 atom stereocenters. The summed E-state index contributed by atoms with van der Waals surface area (Å²) < 4.78 is 1.88. The number of rotatable bonds is 5. The van der Waals surface area contributed by atoms with Crippen molar-refractivity contribution in [1.29, 1.82) is 0 Å². The lowest BCUT2D eigenvalue weighted by Crippen LogP contribution is -2.31. The van der Waals surface area contributed by atoms with Gasteiger partial charge < -0.3 is 10.3 Å². The zero-order chi connectivity index (χ0) is 20.4. The summed E-state index contributed by atoms with van der Waals surface area (Å²) in [5.74, 6) is 0.314. The van der Waals surface area contributed by atoms with E-state index in [2.05, 4.69) is 20.4 Å². The number of amides is 1. The number of nitrogens with one attached hydrogen (secondary N) is 2. The molecular formula is C21H25N5O2. The first-order valence-corrected chi connectivity index (χ1v) is 9.24. The second-order valence-electron chi connectivity index (χ2n) is 7.06. The first kappa shape index (κ1) is 19.5. The van der Waals surface area contributed by atoms with Crippen LogP contribution in [-0.4, -0.2) is 25.7 Å². The molecule has 1 aromatic carbocycles. The van der Waals surface area contributed by atoms with Crippen molar-refractivity contribution in [3.05, 3.63) is 74.7 Å². The van der Waals surface area contributed by atoms with E-state index in [9.17, 15) is 9.59 Å². The SMILES string of the molecule is Cc1nc(C)c(CC(=O)N[C@H](C)c2cnn(-c3ccccc3C)c2C)c(=O)[nH]1. The predicted octanol–water partition coefficient (Wildman–Crippen LogP) is 2.61. The van der Waals surface area contributed by atoms with E-state index >= 15 is 0 Å². The molecule has 0 aliphatic heterocycles. The minimum absolute atomic E-state index is 0.0102. The third-order valence-corrected chi connectivity index (χ3v) is 4.91. The van der Waals surface area contributed by atoms with Crippen LogP contribution in [0.25, 0.3) is 5.69 Å². The zero-order valence-electron chi connectivity index (χ0n) is 16.8. The van der Waals surface area contributed by atoms with Gasteiger partial charge >= 0.3 is 0 Å². The van der Waals surface area contributed by atoms with E-state index in [1.165, 1.54) is 0 Å². The average molecular weight is 379 g/mol. The van der Waals surface area contributed by atoms with Gasteiger partial charge in [-0.2, -0.15) is 5.10 Å². The lowest BCUT2D eigenvalue weighted by molar-refractivity contribution is -0.121. The molecular weight excluding hydrogens is 354 g/mol. The number of nitrogens with zero attached hydrogens (tertiary/aromatic N) is 3. The van der Waals surface area contributed by atoms with Crippen LogP contribution in [0.1, 0.15) is 46.9 Å². The summed E-state index contributed by atoms with van der Waals surface area (Å²) in [5.41, 5.74) is 4.74. The fourth-order valence-electron chi connectivity index (χ4n) is 3.38. The van der Waals surface area contributed by atoms with E-state index in [1.807, 2.05) is 49.7 Å². The van der Waals surface area contributed by atoms with Gasteiger partial charge in [0.2, 0.25) is 5.91 Å². The van der Waals surface area contributed by atoms with Crippen LogP contribution in [0.2, 0.25) is 0 Å². The number of benzene rings is 1. The number of carbonyl (C=O) groups is 1. The van der Waals surface area contributed by atoms with Crippen LogP contribution >= 0.6 is 0 Å². The molecule has 28 heavy (non-hydrogen) atoms. The van der Waals surface area contributed by atoms with E-state index < -0.39 is 0 Å². The summed E-state index contributed by atoms with van der Waals surface area (Å²) in [4.78, 5) is 31.5. The lowest BCUT2D eigenvalue weighted by Gasteiger charge is -2.15. The summed E-state index contributed by atoms with van der Waals surface area (Å²) >= 11 is 0. The Bertz CT molecular complexity index is 1080. The molecule has 0 aliphatic carbocycles. The highest BCUT2D eigenvalue weighted by molar-refractivity contribution is 5.79. The smallest absolute Gasteiger partial charge is 0.254 e. The molecule has 0 radical (unpaired) electrons. The van der Waals surface area contributed by atoms with Gasteiger partial charge in [0.15, 0.2) is 0 Å². The normalized spacial score (nSPS) is 12.0. The summed E-state index contributed by atoms with van der Waals surface area (Å²) in [5, 5.41) is 7.46. The Morgan fingerprint density at radius 1 is 1.21 bits per heavy atom. The first-order valence-electron chi connectivity index (χ1n) is 9.24.